The molecule has 2 bridgehead atoms. The molecule has 1 heterocycles. The van der Waals surface area contributed by atoms with Crippen molar-refractivity contribution in [2.24, 2.45) is 23.5 Å². The number of hydrogen-bond donors (Lipinski definition) is 2. The maximum absolute atomic E-state index is 12.6. The molecule has 0 radical (unpaired) electrons. The van der Waals surface area contributed by atoms with E-state index in [2.05, 4.69) is 5.32 Å². The zero-order valence-corrected chi connectivity index (χ0v) is 14.4. The second-order valence-electron chi connectivity index (χ2n) is 7.88. The molecule has 3 unspecified atom stereocenters. The van der Waals surface area contributed by atoms with Crippen molar-refractivity contribution in [2.75, 3.05) is 6.54 Å². The van der Waals surface area contributed by atoms with E-state index in [0.29, 0.717) is 36.9 Å². The van der Waals surface area contributed by atoms with Gasteiger partial charge in [-0.15, -0.1) is 12.4 Å². The number of carbonyl (C=O) groups excluding carboxylic acids is 2. The lowest BCUT2D eigenvalue weighted by Crippen LogP contribution is -2.50. The highest BCUT2D eigenvalue weighted by molar-refractivity contribution is 5.85. The molecule has 4 fully saturated rings. The summed E-state index contributed by atoms with van der Waals surface area (Å²) in [4.78, 5) is 26.6. The van der Waals surface area contributed by atoms with Crippen LogP contribution in [0, 0.1) is 17.8 Å². The van der Waals surface area contributed by atoms with Gasteiger partial charge in [-0.05, 0) is 50.4 Å². The van der Waals surface area contributed by atoms with Gasteiger partial charge < -0.3 is 16.0 Å². The zero-order valence-electron chi connectivity index (χ0n) is 13.6. The average Bonchev–Trinajstić information content (AvgIpc) is 3.23. The van der Waals surface area contributed by atoms with Gasteiger partial charge in [0.2, 0.25) is 11.8 Å². The third-order valence-electron chi connectivity index (χ3n) is 6.28. The molecule has 3 aliphatic carbocycles. The van der Waals surface area contributed by atoms with E-state index in [4.69, 9.17) is 5.73 Å². The lowest BCUT2D eigenvalue weighted by atomic mass is 9.65. The molecule has 4 rings (SSSR count). The Morgan fingerprint density at radius 2 is 1.78 bits per heavy atom. The van der Waals surface area contributed by atoms with Gasteiger partial charge in [-0.3, -0.25) is 9.59 Å². The number of hydrogen-bond acceptors (Lipinski definition) is 3. The number of fused-ring (bicyclic) bond motifs is 2. The number of likely N-dealkylation sites (tertiary alicyclic amines) is 1. The van der Waals surface area contributed by atoms with Crippen LogP contribution in [-0.4, -0.2) is 41.4 Å². The van der Waals surface area contributed by atoms with Crippen molar-refractivity contribution in [3.8, 4) is 0 Å². The van der Waals surface area contributed by atoms with Gasteiger partial charge in [0.15, 0.2) is 0 Å². The van der Waals surface area contributed by atoms with E-state index < -0.39 is 0 Å². The summed E-state index contributed by atoms with van der Waals surface area (Å²) in [6, 6.07) is 0.786. The van der Waals surface area contributed by atoms with Crippen LogP contribution in [0.25, 0.3) is 0 Å². The first-order valence-electron chi connectivity index (χ1n) is 8.97. The van der Waals surface area contributed by atoms with Crippen molar-refractivity contribution in [1.29, 1.82) is 0 Å². The molecule has 3 N–H and O–H groups in total. The molecule has 6 heteroatoms. The van der Waals surface area contributed by atoms with Gasteiger partial charge in [-0.1, -0.05) is 6.42 Å². The summed E-state index contributed by atoms with van der Waals surface area (Å²) in [6.07, 6.45) is 8.27. The van der Waals surface area contributed by atoms with Gasteiger partial charge in [0, 0.05) is 31.0 Å². The van der Waals surface area contributed by atoms with Gasteiger partial charge in [0.25, 0.3) is 0 Å². The van der Waals surface area contributed by atoms with E-state index in [1.54, 1.807) is 0 Å². The van der Waals surface area contributed by atoms with E-state index in [1.165, 1.54) is 19.3 Å². The molecule has 0 aromatic carbocycles. The van der Waals surface area contributed by atoms with Crippen LogP contribution in [0.5, 0.6) is 0 Å². The van der Waals surface area contributed by atoms with Crippen LogP contribution in [0.2, 0.25) is 0 Å². The number of halogens is 1. The standard InChI is InChI=1S/C17H27N3O2.ClH/c18-16-10-2-1-3-11(16)7-12(6-10)17(22)19-13-8-15(21)20(9-13)14-4-5-14;/h10-14,16H,1-9,18H2,(H,19,22);1H. The summed E-state index contributed by atoms with van der Waals surface area (Å²) in [5.41, 5.74) is 6.30. The summed E-state index contributed by atoms with van der Waals surface area (Å²) < 4.78 is 0. The van der Waals surface area contributed by atoms with Crippen molar-refractivity contribution in [3.05, 3.63) is 0 Å². The Morgan fingerprint density at radius 3 is 2.39 bits per heavy atom. The van der Waals surface area contributed by atoms with E-state index in [9.17, 15) is 9.59 Å². The summed E-state index contributed by atoms with van der Waals surface area (Å²) >= 11 is 0. The molecule has 1 saturated heterocycles. The van der Waals surface area contributed by atoms with E-state index in [-0.39, 0.29) is 36.2 Å². The van der Waals surface area contributed by atoms with Crippen molar-refractivity contribution < 1.29 is 9.59 Å². The molecule has 0 aromatic rings. The van der Waals surface area contributed by atoms with Crippen LogP contribution in [0.15, 0.2) is 0 Å². The highest BCUT2D eigenvalue weighted by Gasteiger charge is 2.43. The lowest BCUT2D eigenvalue weighted by Gasteiger charge is -2.43. The third-order valence-corrected chi connectivity index (χ3v) is 6.28. The summed E-state index contributed by atoms with van der Waals surface area (Å²) in [5, 5.41) is 3.15. The normalized spacial score (nSPS) is 39.8. The Morgan fingerprint density at radius 1 is 1.13 bits per heavy atom. The minimum Gasteiger partial charge on any atom is -0.351 e. The predicted molar refractivity (Wildman–Crippen MR) is 90.1 cm³/mol. The second kappa shape index (κ2) is 6.60. The fraction of sp³-hybridized carbons (Fsp3) is 0.882. The van der Waals surface area contributed by atoms with Crippen molar-refractivity contribution >= 4 is 24.2 Å². The Hall–Kier alpha value is -0.810. The zero-order chi connectivity index (χ0) is 15.3. The Bertz CT molecular complexity index is 468. The fourth-order valence-electron chi connectivity index (χ4n) is 4.89. The molecule has 0 spiro atoms. The van der Waals surface area contributed by atoms with Gasteiger partial charge in [-0.2, -0.15) is 0 Å². The summed E-state index contributed by atoms with van der Waals surface area (Å²) in [5.74, 6) is 1.54. The van der Waals surface area contributed by atoms with Crippen molar-refractivity contribution in [1.82, 2.24) is 10.2 Å². The SMILES string of the molecule is Cl.NC1C2CCCC1CC(C(=O)NC1CC(=O)N(C3CC3)C1)C2. The van der Waals surface area contributed by atoms with Gasteiger partial charge in [0.1, 0.15) is 0 Å². The topological polar surface area (TPSA) is 75.4 Å². The van der Waals surface area contributed by atoms with Crippen LogP contribution >= 0.6 is 12.4 Å². The van der Waals surface area contributed by atoms with Crippen LogP contribution in [0.4, 0.5) is 0 Å². The number of carbonyl (C=O) groups is 2. The van der Waals surface area contributed by atoms with Crippen LogP contribution in [0.1, 0.15) is 51.4 Å². The number of nitrogens with two attached hydrogens (primary N) is 1. The monoisotopic (exact) mass is 341 g/mol. The minimum absolute atomic E-state index is 0. The van der Waals surface area contributed by atoms with Crippen LogP contribution in [0.3, 0.4) is 0 Å². The molecule has 3 saturated carbocycles. The van der Waals surface area contributed by atoms with Crippen LogP contribution in [-0.2, 0) is 9.59 Å². The Labute approximate surface area is 144 Å². The molecule has 4 aliphatic rings. The maximum atomic E-state index is 12.6. The number of amides is 2. The Balaban J connectivity index is 0.00000156. The first kappa shape index (κ1) is 17.0. The average molecular weight is 342 g/mol. The van der Waals surface area contributed by atoms with Crippen molar-refractivity contribution in [3.63, 3.8) is 0 Å². The molecule has 5 nitrogen and oxygen atoms in total. The number of nitrogens with one attached hydrogen (secondary N) is 1. The lowest BCUT2D eigenvalue weighted by molar-refractivity contribution is -0.128. The van der Waals surface area contributed by atoms with Gasteiger partial charge >= 0.3 is 0 Å². The Kier molecular flexibility index (Phi) is 4.88. The number of nitrogens with zero attached hydrogens (tertiary/aromatic N) is 1. The van der Waals surface area contributed by atoms with E-state index >= 15 is 0 Å². The summed E-state index contributed by atoms with van der Waals surface area (Å²) in [7, 11) is 0. The second-order valence-corrected chi connectivity index (χ2v) is 7.88. The fourth-order valence-corrected chi connectivity index (χ4v) is 4.89. The molecular formula is C17H28ClN3O2. The van der Waals surface area contributed by atoms with Gasteiger partial charge in [0.05, 0.1) is 6.04 Å². The maximum Gasteiger partial charge on any atom is 0.225 e. The summed E-state index contributed by atoms with van der Waals surface area (Å²) in [6.45, 7) is 0.717. The minimum atomic E-state index is 0. The number of rotatable bonds is 3. The highest BCUT2D eigenvalue weighted by atomic mass is 35.5. The molecular weight excluding hydrogens is 314 g/mol. The molecule has 0 aromatic heterocycles. The van der Waals surface area contributed by atoms with E-state index in [1.807, 2.05) is 4.90 Å². The molecule has 2 amide bonds. The smallest absolute Gasteiger partial charge is 0.225 e. The predicted octanol–water partition coefficient (Wildman–Crippen LogP) is 1.44. The highest BCUT2D eigenvalue weighted by Crippen LogP contribution is 2.42. The molecule has 130 valence electrons. The van der Waals surface area contributed by atoms with Gasteiger partial charge in [-0.25, -0.2) is 0 Å². The van der Waals surface area contributed by atoms with E-state index in [0.717, 1.165) is 25.7 Å². The largest absolute Gasteiger partial charge is 0.351 e. The third kappa shape index (κ3) is 3.36. The van der Waals surface area contributed by atoms with Crippen molar-refractivity contribution in [2.45, 2.75) is 69.5 Å². The molecule has 23 heavy (non-hydrogen) atoms. The van der Waals surface area contributed by atoms with Crippen LogP contribution < -0.4 is 11.1 Å². The molecule has 1 aliphatic heterocycles. The first-order valence-corrected chi connectivity index (χ1v) is 8.97. The first-order chi connectivity index (χ1) is 10.6. The quantitative estimate of drug-likeness (QED) is 0.815. The molecule has 3 atom stereocenters.